The third kappa shape index (κ3) is 4.74. The van der Waals surface area contributed by atoms with E-state index >= 15 is 0 Å². The fraction of sp³-hybridized carbons (Fsp3) is 0.474. The van der Waals surface area contributed by atoms with Crippen molar-refractivity contribution in [2.45, 2.75) is 25.2 Å². The number of ether oxygens (including phenoxy) is 1. The zero-order chi connectivity index (χ0) is 22.1. The number of sulfonamides is 1. The summed E-state index contributed by atoms with van der Waals surface area (Å²) in [5.74, 6) is 0.143. The average Bonchev–Trinajstić information content (AvgIpc) is 2.85. The van der Waals surface area contributed by atoms with Gasteiger partial charge in [-0.05, 0) is 38.5 Å². The van der Waals surface area contributed by atoms with Crippen LogP contribution in [-0.4, -0.2) is 66.1 Å². The zero-order valence-electron chi connectivity index (χ0n) is 17.1. The first kappa shape index (κ1) is 22.9. The number of aromatic nitrogens is 2. The molecule has 3 rings (SSSR count). The molecular formula is C19H24Cl2N4O4S. The van der Waals surface area contributed by atoms with Crippen LogP contribution in [-0.2, 0) is 21.9 Å². The number of aryl methyl sites for hydroxylation is 2. The summed E-state index contributed by atoms with van der Waals surface area (Å²) >= 11 is 11.9. The van der Waals surface area contributed by atoms with Crippen molar-refractivity contribution in [3.05, 3.63) is 39.6 Å². The van der Waals surface area contributed by atoms with Gasteiger partial charge in [0.05, 0.1) is 16.4 Å². The van der Waals surface area contributed by atoms with Gasteiger partial charge in [-0.3, -0.25) is 9.48 Å². The van der Waals surface area contributed by atoms with Crippen LogP contribution in [0.1, 0.15) is 17.8 Å². The number of hydrogen-bond donors (Lipinski definition) is 0. The maximum Gasteiger partial charge on any atom is 0.260 e. The molecule has 0 unspecified atom stereocenters. The molecule has 1 fully saturated rings. The molecule has 8 nitrogen and oxygen atoms in total. The molecule has 0 bridgehead atoms. The van der Waals surface area contributed by atoms with E-state index in [-0.39, 0.29) is 30.5 Å². The molecule has 1 aliphatic heterocycles. The van der Waals surface area contributed by atoms with Gasteiger partial charge >= 0.3 is 0 Å². The highest BCUT2D eigenvalue weighted by Crippen LogP contribution is 2.28. The third-order valence-corrected chi connectivity index (χ3v) is 7.78. The molecule has 11 heteroatoms. The van der Waals surface area contributed by atoms with Gasteiger partial charge in [-0.1, -0.05) is 23.2 Å². The summed E-state index contributed by atoms with van der Waals surface area (Å²) in [4.78, 5) is 14.4. The van der Waals surface area contributed by atoms with Crippen molar-refractivity contribution in [2.24, 2.45) is 7.05 Å². The number of nitrogens with zero attached hydrogens (tertiary/aromatic N) is 4. The number of hydrogen-bond acceptors (Lipinski definition) is 5. The van der Waals surface area contributed by atoms with Crippen LogP contribution in [0.3, 0.4) is 0 Å². The molecule has 1 aromatic carbocycles. The molecule has 0 aliphatic carbocycles. The first-order chi connectivity index (χ1) is 14.1. The normalized spacial score (nSPS) is 15.8. The fourth-order valence-electron chi connectivity index (χ4n) is 3.46. The van der Waals surface area contributed by atoms with Crippen LogP contribution in [0.2, 0.25) is 10.0 Å². The molecule has 30 heavy (non-hydrogen) atoms. The largest absolute Gasteiger partial charge is 0.482 e. The van der Waals surface area contributed by atoms with Gasteiger partial charge in [0.2, 0.25) is 10.0 Å². The lowest BCUT2D eigenvalue weighted by molar-refractivity contribution is -0.133. The molecule has 164 valence electrons. The van der Waals surface area contributed by atoms with E-state index in [2.05, 4.69) is 5.10 Å². The minimum atomic E-state index is -3.69. The Bertz CT molecular complexity index is 1060. The average molecular weight is 475 g/mol. The maximum atomic E-state index is 13.2. The first-order valence-corrected chi connectivity index (χ1v) is 11.7. The van der Waals surface area contributed by atoms with E-state index in [4.69, 9.17) is 27.9 Å². The van der Waals surface area contributed by atoms with Gasteiger partial charge < -0.3 is 9.64 Å². The lowest BCUT2D eigenvalue weighted by Gasteiger charge is -2.22. The molecule has 1 saturated heterocycles. The second-order valence-corrected chi connectivity index (χ2v) is 9.84. The third-order valence-electron chi connectivity index (χ3n) is 5.09. The van der Waals surface area contributed by atoms with E-state index in [1.54, 1.807) is 48.7 Å². The summed E-state index contributed by atoms with van der Waals surface area (Å²) in [7, 11) is -1.97. The lowest BCUT2D eigenvalue weighted by atomic mass is 10.3. The molecule has 0 N–H and O–H groups in total. The van der Waals surface area contributed by atoms with Crippen molar-refractivity contribution in [3.8, 4) is 5.75 Å². The molecule has 0 radical (unpaired) electrons. The molecular weight excluding hydrogens is 451 g/mol. The molecule has 0 spiro atoms. The summed E-state index contributed by atoms with van der Waals surface area (Å²) < 4.78 is 34.8. The second-order valence-electron chi connectivity index (χ2n) is 7.13. The topological polar surface area (TPSA) is 84.7 Å². The Balaban J connectivity index is 1.65. The summed E-state index contributed by atoms with van der Waals surface area (Å²) in [6.07, 6.45) is 0.533. The van der Waals surface area contributed by atoms with E-state index in [1.165, 1.54) is 4.31 Å². The summed E-state index contributed by atoms with van der Waals surface area (Å²) in [6.45, 7) is 4.52. The molecule has 2 heterocycles. The van der Waals surface area contributed by atoms with Crippen LogP contribution in [0.25, 0.3) is 0 Å². The van der Waals surface area contributed by atoms with Crippen molar-refractivity contribution in [3.63, 3.8) is 0 Å². The molecule has 0 saturated carbocycles. The SMILES string of the molecule is Cc1nn(C)c(C)c1S(=O)(=O)N1CCCN(C(=O)COc2ccc(Cl)cc2Cl)CC1. The van der Waals surface area contributed by atoms with Crippen molar-refractivity contribution >= 4 is 39.1 Å². The Morgan fingerprint density at radius 1 is 1.17 bits per heavy atom. The van der Waals surface area contributed by atoms with Crippen molar-refractivity contribution in [1.29, 1.82) is 0 Å². The van der Waals surface area contributed by atoms with Crippen molar-refractivity contribution in [2.75, 3.05) is 32.8 Å². The second kappa shape index (κ2) is 9.13. The van der Waals surface area contributed by atoms with Crippen LogP contribution in [0.5, 0.6) is 5.75 Å². The standard InChI is InChI=1S/C19H24Cl2N4O4S/c1-13-19(14(2)23(3)22-13)30(27,28)25-8-4-7-24(9-10-25)18(26)12-29-17-6-5-15(20)11-16(17)21/h5-6,11H,4,7-10,12H2,1-3H3. The van der Waals surface area contributed by atoms with Crippen molar-refractivity contribution in [1.82, 2.24) is 19.0 Å². The number of amides is 1. The minimum Gasteiger partial charge on any atom is -0.482 e. The Morgan fingerprint density at radius 3 is 2.53 bits per heavy atom. The zero-order valence-corrected chi connectivity index (χ0v) is 19.4. The van der Waals surface area contributed by atoms with E-state index in [1.807, 2.05) is 0 Å². The lowest BCUT2D eigenvalue weighted by Crippen LogP contribution is -2.39. The van der Waals surface area contributed by atoms with Gasteiger partial charge in [0.15, 0.2) is 6.61 Å². The van der Waals surface area contributed by atoms with Crippen LogP contribution in [0, 0.1) is 13.8 Å². The fourth-order valence-corrected chi connectivity index (χ4v) is 5.80. The summed E-state index contributed by atoms with van der Waals surface area (Å²) in [6, 6.07) is 4.78. The Labute approximate surface area is 186 Å². The van der Waals surface area contributed by atoms with Crippen LogP contribution in [0.15, 0.2) is 23.1 Å². The minimum absolute atomic E-state index is 0.186. The molecule has 1 aliphatic rings. The van der Waals surface area contributed by atoms with Crippen LogP contribution < -0.4 is 4.74 Å². The Kier molecular flexibility index (Phi) is 6.96. The van der Waals surface area contributed by atoms with Gasteiger partial charge in [-0.25, -0.2) is 8.42 Å². The van der Waals surface area contributed by atoms with Crippen molar-refractivity contribution < 1.29 is 17.9 Å². The van der Waals surface area contributed by atoms with E-state index in [0.717, 1.165) is 0 Å². The van der Waals surface area contributed by atoms with Gasteiger partial charge in [0.25, 0.3) is 5.91 Å². The smallest absolute Gasteiger partial charge is 0.260 e. The van der Waals surface area contributed by atoms with E-state index in [9.17, 15) is 13.2 Å². The highest BCUT2D eigenvalue weighted by molar-refractivity contribution is 7.89. The van der Waals surface area contributed by atoms with Gasteiger partial charge in [-0.2, -0.15) is 9.40 Å². The predicted molar refractivity (Wildman–Crippen MR) is 115 cm³/mol. The Morgan fingerprint density at radius 2 is 1.90 bits per heavy atom. The number of benzene rings is 1. The summed E-state index contributed by atoms with van der Waals surface area (Å²) in [5.41, 5.74) is 1.07. The molecule has 2 aromatic rings. The van der Waals surface area contributed by atoms with Crippen LogP contribution in [0.4, 0.5) is 0 Å². The predicted octanol–water partition coefficient (Wildman–Crippen LogP) is 2.65. The highest BCUT2D eigenvalue weighted by Gasteiger charge is 2.32. The van der Waals surface area contributed by atoms with Gasteiger partial charge in [-0.15, -0.1) is 0 Å². The highest BCUT2D eigenvalue weighted by atomic mass is 35.5. The summed E-state index contributed by atoms with van der Waals surface area (Å²) in [5, 5.41) is 5.02. The van der Waals surface area contributed by atoms with Gasteiger partial charge in [0, 0.05) is 38.2 Å². The molecule has 1 amide bonds. The van der Waals surface area contributed by atoms with Crippen LogP contribution >= 0.6 is 23.2 Å². The molecule has 0 atom stereocenters. The Hall–Kier alpha value is -1.81. The van der Waals surface area contributed by atoms with E-state index in [0.29, 0.717) is 46.7 Å². The maximum absolute atomic E-state index is 13.2. The quantitative estimate of drug-likeness (QED) is 0.664. The number of halogens is 2. The number of rotatable bonds is 5. The number of carbonyl (C=O) groups excluding carboxylic acids is 1. The first-order valence-electron chi connectivity index (χ1n) is 9.47. The van der Waals surface area contributed by atoms with Gasteiger partial charge in [0.1, 0.15) is 10.6 Å². The monoisotopic (exact) mass is 474 g/mol. The molecule has 1 aromatic heterocycles. The number of carbonyl (C=O) groups is 1. The van der Waals surface area contributed by atoms with E-state index < -0.39 is 10.0 Å².